The minimum atomic E-state index is -0.609. The lowest BCUT2D eigenvalue weighted by atomic mass is 10.1. The first kappa shape index (κ1) is 21.8. The number of rotatable bonds is 6. The Morgan fingerprint density at radius 2 is 2.00 bits per heavy atom. The number of aromatic nitrogens is 4. The summed E-state index contributed by atoms with van der Waals surface area (Å²) in [7, 11) is 1.37. The number of aromatic amines is 1. The Labute approximate surface area is 200 Å². The van der Waals surface area contributed by atoms with Crippen LogP contribution in [0.5, 0.6) is 5.88 Å². The Bertz CT molecular complexity index is 1360. The summed E-state index contributed by atoms with van der Waals surface area (Å²) in [5.41, 5.74) is 5.09. The molecule has 5 heterocycles. The highest BCUT2D eigenvalue weighted by Crippen LogP contribution is 2.31. The molecule has 0 spiro atoms. The lowest BCUT2D eigenvalue weighted by Gasteiger charge is -2.16. The van der Waals surface area contributed by atoms with E-state index < -0.39 is 6.10 Å². The van der Waals surface area contributed by atoms with Gasteiger partial charge in [0.1, 0.15) is 18.3 Å². The van der Waals surface area contributed by atoms with Gasteiger partial charge in [-0.15, -0.1) is 0 Å². The minimum absolute atomic E-state index is 0.185. The van der Waals surface area contributed by atoms with Crippen molar-refractivity contribution in [1.29, 1.82) is 0 Å². The van der Waals surface area contributed by atoms with E-state index >= 15 is 0 Å². The molecule has 0 bridgehead atoms. The Morgan fingerprint density at radius 1 is 1.17 bits per heavy atom. The Morgan fingerprint density at radius 3 is 2.83 bits per heavy atom. The van der Waals surface area contributed by atoms with Gasteiger partial charge in [0.05, 0.1) is 55.4 Å². The van der Waals surface area contributed by atoms with Crippen molar-refractivity contribution in [3.63, 3.8) is 0 Å². The highest BCUT2D eigenvalue weighted by Gasteiger charge is 2.48. The van der Waals surface area contributed by atoms with Crippen molar-refractivity contribution in [1.82, 2.24) is 19.7 Å². The average molecular weight is 476 g/mol. The van der Waals surface area contributed by atoms with Gasteiger partial charge in [0, 0.05) is 23.4 Å². The predicted molar refractivity (Wildman–Crippen MR) is 124 cm³/mol. The molecule has 0 unspecified atom stereocenters. The number of aliphatic hydroxyl groups excluding tert-OH is 1. The summed E-state index contributed by atoms with van der Waals surface area (Å²) in [5.74, 6) is 0.284. The maximum atomic E-state index is 11.5. The maximum absolute atomic E-state index is 11.5. The van der Waals surface area contributed by atoms with Gasteiger partial charge < -0.3 is 29.0 Å². The molecule has 2 saturated heterocycles. The summed E-state index contributed by atoms with van der Waals surface area (Å²) in [5, 5.41) is 14.2. The molecule has 2 fully saturated rings. The molecular formula is C25H24N4O6. The third kappa shape index (κ3) is 4.16. The first-order valence-electron chi connectivity index (χ1n) is 11.4. The zero-order valence-electron chi connectivity index (χ0n) is 19.0. The van der Waals surface area contributed by atoms with Crippen LogP contribution in [0.4, 0.5) is 0 Å². The van der Waals surface area contributed by atoms with Crippen LogP contribution in [-0.4, -0.2) is 75.6 Å². The summed E-state index contributed by atoms with van der Waals surface area (Å²) >= 11 is 0. The van der Waals surface area contributed by atoms with Crippen LogP contribution in [0.3, 0.4) is 0 Å². The van der Waals surface area contributed by atoms with Crippen molar-refractivity contribution in [3.8, 4) is 22.8 Å². The Kier molecular flexibility index (Phi) is 5.48. The first-order valence-corrected chi connectivity index (χ1v) is 11.4. The number of esters is 1. The second kappa shape index (κ2) is 8.81. The fraction of sp³-hybridized carbons (Fsp3) is 0.320. The molecule has 0 aliphatic carbocycles. The Balaban J connectivity index is 1.17. The van der Waals surface area contributed by atoms with Crippen molar-refractivity contribution in [2.45, 2.75) is 30.8 Å². The van der Waals surface area contributed by atoms with Gasteiger partial charge in [0.15, 0.2) is 12.0 Å². The van der Waals surface area contributed by atoms with E-state index in [1.807, 2.05) is 48.7 Å². The molecule has 2 aliphatic rings. The average Bonchev–Trinajstić information content (AvgIpc) is 3.65. The van der Waals surface area contributed by atoms with E-state index in [9.17, 15) is 9.90 Å². The summed E-state index contributed by atoms with van der Waals surface area (Å²) in [6.45, 7) is 0.633. The number of methoxy groups -OCH3 is 1. The smallest absolute Gasteiger partial charge is 0.310 e. The van der Waals surface area contributed by atoms with Crippen LogP contribution < -0.4 is 4.74 Å². The molecule has 35 heavy (non-hydrogen) atoms. The molecule has 0 radical (unpaired) electrons. The second-order valence-electron chi connectivity index (χ2n) is 8.68. The lowest BCUT2D eigenvalue weighted by Crippen LogP contribution is -2.34. The maximum Gasteiger partial charge on any atom is 0.310 e. The molecule has 0 saturated carbocycles. The van der Waals surface area contributed by atoms with Crippen molar-refractivity contribution in [2.75, 3.05) is 20.3 Å². The molecule has 10 nitrogen and oxygen atoms in total. The van der Waals surface area contributed by atoms with Crippen molar-refractivity contribution >= 4 is 17.0 Å². The number of nitrogens with zero attached hydrogens (tertiary/aromatic N) is 3. The highest BCUT2D eigenvalue weighted by molar-refractivity contribution is 5.80. The third-order valence-corrected chi connectivity index (χ3v) is 6.35. The topological polar surface area (TPSA) is 121 Å². The number of hydrogen-bond donors (Lipinski definition) is 2. The molecule has 4 atom stereocenters. The fourth-order valence-corrected chi connectivity index (χ4v) is 4.53. The number of aliphatic hydroxyl groups is 1. The largest absolute Gasteiger partial charge is 0.470 e. The van der Waals surface area contributed by atoms with Gasteiger partial charge in [-0.05, 0) is 24.3 Å². The molecule has 180 valence electrons. The first-order chi connectivity index (χ1) is 17.1. The number of pyridine rings is 1. The standard InChI is InChI=1S/C25H24N4O6/c1-32-23(31)8-14-10-26-29(11-14)16-4-2-15(3-5-16)17-6-7-18-19(27-17)9-22(28-18)35-21-13-34-24-20(30)12-33-25(21)24/h2-7,9-11,20-21,24-25,28,30H,8,12-13H2,1H3/t20-,21-,24-,25-/m1/s1. The zero-order valence-corrected chi connectivity index (χ0v) is 19.0. The molecule has 3 aromatic heterocycles. The van der Waals surface area contributed by atoms with Crippen LogP contribution in [0.2, 0.25) is 0 Å². The SMILES string of the molecule is COC(=O)Cc1cnn(-c2ccc(-c3ccc4[nH]c(O[C@@H]5CO[C@H]6[C@@H]5OC[C@H]6O)cc4n3)cc2)c1. The van der Waals surface area contributed by atoms with Gasteiger partial charge in [0.25, 0.3) is 0 Å². The highest BCUT2D eigenvalue weighted by atomic mass is 16.6. The van der Waals surface area contributed by atoms with Crippen molar-refractivity contribution in [2.24, 2.45) is 0 Å². The van der Waals surface area contributed by atoms with Crippen LogP contribution in [-0.2, 0) is 25.4 Å². The molecule has 6 rings (SSSR count). The zero-order chi connectivity index (χ0) is 23.9. The van der Waals surface area contributed by atoms with Gasteiger partial charge in [0.2, 0.25) is 0 Å². The van der Waals surface area contributed by atoms with Gasteiger partial charge in [-0.1, -0.05) is 12.1 Å². The number of fused-ring (bicyclic) bond motifs is 2. The normalized spacial score (nSPS) is 23.5. The number of carbonyl (C=O) groups is 1. The van der Waals surface area contributed by atoms with Gasteiger partial charge in [-0.3, -0.25) is 4.79 Å². The van der Waals surface area contributed by atoms with Crippen molar-refractivity contribution < 1.29 is 28.8 Å². The number of H-pyrrole nitrogens is 1. The van der Waals surface area contributed by atoms with Crippen LogP contribution in [0.15, 0.2) is 54.9 Å². The van der Waals surface area contributed by atoms with Gasteiger partial charge in [-0.2, -0.15) is 5.10 Å². The summed E-state index contributed by atoms with van der Waals surface area (Å²) in [4.78, 5) is 19.5. The number of nitrogens with one attached hydrogen (secondary N) is 1. The van der Waals surface area contributed by atoms with Gasteiger partial charge in [-0.25, -0.2) is 9.67 Å². The number of hydrogen-bond acceptors (Lipinski definition) is 8. The quantitative estimate of drug-likeness (QED) is 0.406. The molecular weight excluding hydrogens is 452 g/mol. The molecule has 0 amide bonds. The summed E-state index contributed by atoms with van der Waals surface area (Å²) in [6, 6.07) is 13.6. The van der Waals surface area contributed by atoms with Crippen LogP contribution in [0, 0.1) is 0 Å². The monoisotopic (exact) mass is 476 g/mol. The van der Waals surface area contributed by atoms with E-state index in [1.54, 1.807) is 10.9 Å². The Hall–Kier alpha value is -3.73. The van der Waals surface area contributed by atoms with Crippen molar-refractivity contribution in [3.05, 3.63) is 60.4 Å². The summed E-state index contributed by atoms with van der Waals surface area (Å²) < 4.78 is 23.8. The van der Waals surface area contributed by atoms with E-state index in [0.717, 1.165) is 33.5 Å². The number of carbonyl (C=O) groups excluding carboxylic acids is 1. The van der Waals surface area contributed by atoms with Gasteiger partial charge >= 0.3 is 5.97 Å². The predicted octanol–water partition coefficient (Wildman–Crippen LogP) is 2.04. The second-order valence-corrected chi connectivity index (χ2v) is 8.68. The molecule has 2 N–H and O–H groups in total. The van der Waals surface area contributed by atoms with E-state index in [1.165, 1.54) is 7.11 Å². The third-order valence-electron chi connectivity index (χ3n) is 6.35. The summed E-state index contributed by atoms with van der Waals surface area (Å²) in [6.07, 6.45) is 2.15. The molecule has 10 heteroatoms. The number of benzene rings is 1. The lowest BCUT2D eigenvalue weighted by molar-refractivity contribution is -0.139. The van der Waals surface area contributed by atoms with E-state index in [4.69, 9.17) is 23.9 Å². The van der Waals surface area contributed by atoms with E-state index in [0.29, 0.717) is 12.5 Å². The van der Waals surface area contributed by atoms with Crippen LogP contribution in [0.25, 0.3) is 28.0 Å². The van der Waals surface area contributed by atoms with E-state index in [2.05, 4.69) is 10.1 Å². The molecule has 2 aliphatic heterocycles. The molecule has 1 aromatic carbocycles. The molecule has 4 aromatic rings. The fourth-order valence-electron chi connectivity index (χ4n) is 4.53. The van der Waals surface area contributed by atoms with E-state index in [-0.39, 0.29) is 37.3 Å². The van der Waals surface area contributed by atoms with Crippen LogP contribution >= 0.6 is 0 Å². The van der Waals surface area contributed by atoms with Crippen LogP contribution in [0.1, 0.15) is 5.56 Å². The minimum Gasteiger partial charge on any atom is -0.470 e. The number of ether oxygens (including phenoxy) is 4.